The van der Waals surface area contributed by atoms with E-state index in [-0.39, 0.29) is 0 Å². The third-order valence-corrected chi connectivity index (χ3v) is 4.75. The monoisotopic (exact) mass is 372 g/mol. The van der Waals surface area contributed by atoms with E-state index in [1.807, 2.05) is 13.1 Å². The third kappa shape index (κ3) is 2.65. The number of benzene rings is 1. The number of nitrogens with one attached hydrogen (secondary N) is 1. The molecular formula is C16H17BrN6. The van der Waals surface area contributed by atoms with Gasteiger partial charge in [0.15, 0.2) is 5.65 Å². The van der Waals surface area contributed by atoms with Crippen LogP contribution < -0.4 is 10.2 Å². The van der Waals surface area contributed by atoms with Gasteiger partial charge in [-0.3, -0.25) is 0 Å². The van der Waals surface area contributed by atoms with Crippen molar-refractivity contribution in [2.45, 2.75) is 12.5 Å². The van der Waals surface area contributed by atoms with Crippen LogP contribution >= 0.6 is 15.9 Å². The molecule has 0 aliphatic carbocycles. The van der Waals surface area contributed by atoms with E-state index in [1.165, 1.54) is 0 Å². The second-order valence-electron chi connectivity index (χ2n) is 5.75. The number of halogens is 1. The molecule has 1 aliphatic heterocycles. The van der Waals surface area contributed by atoms with Gasteiger partial charge >= 0.3 is 0 Å². The Morgan fingerprint density at radius 1 is 1.22 bits per heavy atom. The molecule has 1 aliphatic rings. The Hall–Kier alpha value is -2.15. The third-order valence-electron chi connectivity index (χ3n) is 4.19. The maximum Gasteiger partial charge on any atom is 0.164 e. The highest BCUT2D eigenvalue weighted by atomic mass is 79.9. The van der Waals surface area contributed by atoms with Crippen LogP contribution in [0.3, 0.4) is 0 Å². The van der Waals surface area contributed by atoms with Crippen LogP contribution in [-0.2, 0) is 7.05 Å². The topological polar surface area (TPSA) is 58.9 Å². The van der Waals surface area contributed by atoms with Gasteiger partial charge in [-0.2, -0.15) is 5.10 Å². The van der Waals surface area contributed by atoms with Gasteiger partial charge in [0.2, 0.25) is 0 Å². The first-order valence-corrected chi connectivity index (χ1v) is 8.41. The average molecular weight is 373 g/mol. The molecule has 1 saturated heterocycles. The van der Waals surface area contributed by atoms with Crippen LogP contribution in [0.5, 0.6) is 0 Å². The molecule has 118 valence electrons. The molecule has 1 aromatic carbocycles. The van der Waals surface area contributed by atoms with Gasteiger partial charge in [-0.15, -0.1) is 0 Å². The molecule has 1 unspecified atom stereocenters. The maximum atomic E-state index is 4.51. The molecule has 1 N–H and O–H groups in total. The van der Waals surface area contributed by atoms with Gasteiger partial charge in [0.25, 0.3) is 0 Å². The quantitative estimate of drug-likeness (QED) is 0.765. The molecule has 7 heteroatoms. The minimum atomic E-state index is 0.415. The first kappa shape index (κ1) is 14.4. The summed E-state index contributed by atoms with van der Waals surface area (Å²) in [5.74, 6) is 0.951. The van der Waals surface area contributed by atoms with Crippen molar-refractivity contribution in [3.63, 3.8) is 0 Å². The summed E-state index contributed by atoms with van der Waals surface area (Å²) < 4.78 is 2.57. The van der Waals surface area contributed by atoms with E-state index in [1.54, 1.807) is 11.0 Å². The summed E-state index contributed by atoms with van der Waals surface area (Å²) in [6, 6.07) is 10.7. The van der Waals surface area contributed by atoms with Crippen LogP contribution in [0, 0.1) is 0 Å². The van der Waals surface area contributed by atoms with Crippen LogP contribution in [0.25, 0.3) is 11.0 Å². The first-order chi connectivity index (χ1) is 11.2. The Morgan fingerprint density at radius 2 is 2.04 bits per heavy atom. The Balaban J connectivity index is 1.58. The first-order valence-electron chi connectivity index (χ1n) is 7.62. The highest BCUT2D eigenvalue weighted by Gasteiger charge is 2.26. The second kappa shape index (κ2) is 5.81. The number of para-hydroxylation sites is 1. The van der Waals surface area contributed by atoms with Crippen LogP contribution in [0.4, 0.5) is 11.5 Å². The molecule has 2 aromatic heterocycles. The highest BCUT2D eigenvalue weighted by Crippen LogP contribution is 2.31. The predicted octanol–water partition coefficient (Wildman–Crippen LogP) is 2.82. The van der Waals surface area contributed by atoms with E-state index in [4.69, 9.17) is 0 Å². The van der Waals surface area contributed by atoms with E-state index < -0.39 is 0 Å². The Bertz CT molecular complexity index is 831. The maximum absolute atomic E-state index is 4.51. The van der Waals surface area contributed by atoms with Crippen molar-refractivity contribution in [1.29, 1.82) is 0 Å². The molecule has 0 spiro atoms. The highest BCUT2D eigenvalue weighted by molar-refractivity contribution is 9.10. The summed E-state index contributed by atoms with van der Waals surface area (Å²) in [6.07, 6.45) is 2.70. The molecular weight excluding hydrogens is 356 g/mol. The number of fused-ring (bicyclic) bond motifs is 1. The number of aryl methyl sites for hydroxylation is 1. The molecule has 6 nitrogen and oxygen atoms in total. The standard InChI is InChI=1S/C16H17BrN6/c1-22-15-13(14(17)21-22)16(19-10-18-15)23-8-7-12(9-23)20-11-5-3-2-4-6-11/h2-6,10,12,20H,7-9H2,1H3. The fourth-order valence-electron chi connectivity index (χ4n) is 3.11. The van der Waals surface area contributed by atoms with Crippen molar-refractivity contribution in [1.82, 2.24) is 19.7 Å². The number of nitrogens with zero attached hydrogens (tertiary/aromatic N) is 5. The zero-order valence-electron chi connectivity index (χ0n) is 12.8. The van der Waals surface area contributed by atoms with Gasteiger partial charge in [-0.25, -0.2) is 14.6 Å². The minimum absolute atomic E-state index is 0.415. The lowest BCUT2D eigenvalue weighted by Gasteiger charge is -2.19. The fraction of sp³-hybridized carbons (Fsp3) is 0.312. The lowest BCUT2D eigenvalue weighted by Crippen LogP contribution is -2.26. The second-order valence-corrected chi connectivity index (χ2v) is 6.50. The predicted molar refractivity (Wildman–Crippen MR) is 94.7 cm³/mol. The summed E-state index contributed by atoms with van der Waals surface area (Å²) in [5.41, 5.74) is 2.01. The van der Waals surface area contributed by atoms with Crippen molar-refractivity contribution in [2.75, 3.05) is 23.3 Å². The van der Waals surface area contributed by atoms with E-state index in [0.29, 0.717) is 6.04 Å². The smallest absolute Gasteiger partial charge is 0.164 e. The Labute approximate surface area is 142 Å². The molecule has 1 atom stereocenters. The van der Waals surface area contributed by atoms with Gasteiger partial charge in [0.1, 0.15) is 16.7 Å². The van der Waals surface area contributed by atoms with Gasteiger partial charge < -0.3 is 10.2 Å². The number of hydrogen-bond acceptors (Lipinski definition) is 5. The number of anilines is 2. The van der Waals surface area contributed by atoms with Crippen molar-refractivity contribution >= 4 is 38.5 Å². The fourth-order valence-corrected chi connectivity index (χ4v) is 3.70. The lowest BCUT2D eigenvalue weighted by molar-refractivity contribution is 0.777. The number of rotatable bonds is 3. The molecule has 1 fully saturated rings. The van der Waals surface area contributed by atoms with Gasteiger partial charge in [-0.05, 0) is 34.5 Å². The van der Waals surface area contributed by atoms with Crippen molar-refractivity contribution in [2.24, 2.45) is 7.05 Å². The van der Waals surface area contributed by atoms with Crippen molar-refractivity contribution in [3.8, 4) is 0 Å². The van der Waals surface area contributed by atoms with Crippen LogP contribution in [-0.4, -0.2) is 38.9 Å². The molecule has 4 rings (SSSR count). The van der Waals surface area contributed by atoms with Crippen LogP contribution in [0.15, 0.2) is 41.3 Å². The number of hydrogen-bond donors (Lipinski definition) is 1. The molecule has 0 saturated carbocycles. The van der Waals surface area contributed by atoms with Gasteiger partial charge in [0.05, 0.1) is 5.39 Å². The van der Waals surface area contributed by atoms with Gasteiger partial charge in [-0.1, -0.05) is 18.2 Å². The molecule has 0 amide bonds. The Morgan fingerprint density at radius 3 is 2.87 bits per heavy atom. The SMILES string of the molecule is Cn1nc(Br)c2c(N3CCC(Nc4ccccc4)C3)ncnc21. The zero-order valence-corrected chi connectivity index (χ0v) is 14.4. The minimum Gasteiger partial charge on any atom is -0.380 e. The van der Waals surface area contributed by atoms with Crippen molar-refractivity contribution in [3.05, 3.63) is 41.3 Å². The lowest BCUT2D eigenvalue weighted by atomic mass is 10.2. The van der Waals surface area contributed by atoms with E-state index in [2.05, 4.69) is 65.5 Å². The zero-order chi connectivity index (χ0) is 15.8. The largest absolute Gasteiger partial charge is 0.380 e. The summed E-state index contributed by atoms with van der Waals surface area (Å²) in [6.45, 7) is 1.89. The summed E-state index contributed by atoms with van der Waals surface area (Å²) in [7, 11) is 1.90. The normalized spacial score (nSPS) is 17.8. The summed E-state index contributed by atoms with van der Waals surface area (Å²) in [5, 5.41) is 8.97. The van der Waals surface area contributed by atoms with Crippen LogP contribution in [0.1, 0.15) is 6.42 Å². The van der Waals surface area contributed by atoms with Crippen molar-refractivity contribution < 1.29 is 0 Å². The Kier molecular flexibility index (Phi) is 3.65. The average Bonchev–Trinajstić information content (AvgIpc) is 3.14. The molecule has 0 radical (unpaired) electrons. The molecule has 0 bridgehead atoms. The summed E-state index contributed by atoms with van der Waals surface area (Å²) in [4.78, 5) is 11.1. The molecule has 23 heavy (non-hydrogen) atoms. The number of aromatic nitrogens is 4. The van der Waals surface area contributed by atoms with E-state index in [0.717, 1.165) is 46.7 Å². The van der Waals surface area contributed by atoms with Crippen LogP contribution in [0.2, 0.25) is 0 Å². The van der Waals surface area contributed by atoms with Gasteiger partial charge in [0, 0.05) is 31.9 Å². The summed E-state index contributed by atoms with van der Waals surface area (Å²) >= 11 is 3.53. The van der Waals surface area contributed by atoms with E-state index in [9.17, 15) is 0 Å². The van der Waals surface area contributed by atoms with E-state index >= 15 is 0 Å². The molecule has 3 aromatic rings. The molecule has 3 heterocycles.